The molecule has 0 saturated carbocycles. The Balaban J connectivity index is 1.68. The van der Waals surface area contributed by atoms with E-state index in [9.17, 15) is 39.1 Å². The molecule has 1 unspecified atom stereocenters. The number of anilines is 1. The third-order valence-corrected chi connectivity index (χ3v) is 7.05. The Morgan fingerprint density at radius 2 is 2.02 bits per heavy atom. The molecule has 3 rings (SSSR count). The number of benzene rings is 1. The number of phosphoric acid groups is 1. The average molecular weight is 663 g/mol. The number of phosphoric ester groups is 1. The lowest BCUT2D eigenvalue weighted by Crippen LogP contribution is -2.51. The molecule has 2 aromatic rings. The number of aliphatic hydroxyl groups is 1. The number of hydrogen-bond donors (Lipinski definition) is 3. The number of aromatic nitrogens is 2. The fourth-order valence-corrected chi connectivity index (χ4v) is 4.93. The standard InChI is InChI=1S/C23H28BrN4O12P/c1-4-37-27(15-5-7-16(8-6-15)28(33)34)23(2,3)21(31)40-41(35,36)38-13-18-17(29)11-19(39-18)26-12-14(9-10-24)20(30)25-22(26)32/h5-10,12,17-19,29H,4,11,13H2,1-3H3,(H,35,36)(H,25,30,32)/b10-9+/t17-,18+,19+/m0/s1. The van der Waals surface area contributed by atoms with Crippen LogP contribution in [0.4, 0.5) is 11.4 Å². The molecule has 41 heavy (non-hydrogen) atoms. The highest BCUT2D eigenvalue weighted by Gasteiger charge is 2.44. The first-order valence-corrected chi connectivity index (χ1v) is 14.5. The van der Waals surface area contributed by atoms with Gasteiger partial charge in [-0.2, -0.15) is 0 Å². The van der Waals surface area contributed by atoms with Crippen LogP contribution in [0, 0.1) is 10.1 Å². The van der Waals surface area contributed by atoms with E-state index in [1.54, 1.807) is 6.92 Å². The SMILES string of the molecule is CCON(c1ccc([N+](=O)[O-])cc1)C(C)(C)C(=O)OP(=O)(O)OC[C@H]1O[C@@H](n2cc(/C=C/Br)c(=O)[nH]c2=O)C[C@@H]1O. The topological polar surface area (TPSA) is 213 Å². The lowest BCUT2D eigenvalue weighted by atomic mass is 10.0. The van der Waals surface area contributed by atoms with E-state index >= 15 is 0 Å². The second-order valence-electron chi connectivity index (χ2n) is 9.16. The molecule has 2 heterocycles. The van der Waals surface area contributed by atoms with Gasteiger partial charge in [-0.15, -0.1) is 0 Å². The number of halogens is 1. The van der Waals surface area contributed by atoms with Crippen LogP contribution >= 0.6 is 23.8 Å². The van der Waals surface area contributed by atoms with Crippen LogP contribution in [0.25, 0.3) is 6.08 Å². The minimum Gasteiger partial charge on any atom is -0.390 e. The van der Waals surface area contributed by atoms with Gasteiger partial charge in [0.2, 0.25) is 0 Å². The van der Waals surface area contributed by atoms with E-state index < -0.39 is 60.5 Å². The number of carbonyl (C=O) groups excluding carboxylic acids is 1. The lowest BCUT2D eigenvalue weighted by Gasteiger charge is -2.36. The van der Waals surface area contributed by atoms with E-state index in [-0.39, 0.29) is 30.0 Å². The zero-order chi connectivity index (χ0) is 30.5. The molecular weight excluding hydrogens is 635 g/mol. The Labute approximate surface area is 240 Å². The van der Waals surface area contributed by atoms with Crippen molar-refractivity contribution in [1.29, 1.82) is 0 Å². The van der Waals surface area contributed by atoms with Crippen molar-refractivity contribution in [3.05, 3.63) is 72.0 Å². The smallest absolute Gasteiger partial charge is 0.390 e. The van der Waals surface area contributed by atoms with Crippen molar-refractivity contribution in [2.45, 2.75) is 51.2 Å². The van der Waals surface area contributed by atoms with Crippen LogP contribution in [0.2, 0.25) is 0 Å². The minimum absolute atomic E-state index is 0.0747. The maximum Gasteiger partial charge on any atom is 0.529 e. The molecule has 3 N–H and O–H groups in total. The zero-order valence-corrected chi connectivity index (χ0v) is 24.5. The number of ether oxygens (including phenoxy) is 1. The van der Waals surface area contributed by atoms with Crippen molar-refractivity contribution in [3.63, 3.8) is 0 Å². The number of aliphatic hydroxyl groups excluding tert-OH is 1. The number of hydroxylamine groups is 1. The van der Waals surface area contributed by atoms with Crippen molar-refractivity contribution < 1.29 is 42.9 Å². The Morgan fingerprint density at radius 3 is 2.61 bits per heavy atom. The third kappa shape index (κ3) is 7.77. The number of rotatable bonds is 12. The molecule has 1 aliphatic rings. The highest BCUT2D eigenvalue weighted by molar-refractivity contribution is 9.11. The van der Waals surface area contributed by atoms with Crippen molar-refractivity contribution in [1.82, 2.24) is 9.55 Å². The summed E-state index contributed by atoms with van der Waals surface area (Å²) in [6.07, 6.45) is -0.953. The Hall–Kier alpha value is -3.18. The van der Waals surface area contributed by atoms with Gasteiger partial charge < -0.3 is 14.4 Å². The van der Waals surface area contributed by atoms with Gasteiger partial charge in [-0.3, -0.25) is 38.7 Å². The van der Waals surface area contributed by atoms with Crippen molar-refractivity contribution in [2.24, 2.45) is 0 Å². The summed E-state index contributed by atoms with van der Waals surface area (Å²) in [5.41, 5.74) is -2.98. The van der Waals surface area contributed by atoms with E-state index in [2.05, 4.69) is 20.9 Å². The fraction of sp³-hybridized carbons (Fsp3) is 0.435. The molecule has 0 radical (unpaired) electrons. The van der Waals surface area contributed by atoms with Gasteiger partial charge in [0.25, 0.3) is 11.2 Å². The fourth-order valence-electron chi connectivity index (χ4n) is 3.83. The molecule has 1 fully saturated rings. The number of non-ortho nitro benzene ring substituents is 1. The van der Waals surface area contributed by atoms with E-state index in [1.807, 2.05) is 0 Å². The Bertz CT molecular complexity index is 1460. The molecule has 4 atom stereocenters. The average Bonchev–Trinajstić information content (AvgIpc) is 3.27. The molecule has 16 nitrogen and oxygen atoms in total. The van der Waals surface area contributed by atoms with Crippen LogP contribution < -0.4 is 16.3 Å². The summed E-state index contributed by atoms with van der Waals surface area (Å²) in [6.45, 7) is 3.68. The normalized spacial score (nSPS) is 20.6. The first-order chi connectivity index (χ1) is 19.2. The van der Waals surface area contributed by atoms with E-state index in [4.69, 9.17) is 18.6 Å². The second-order valence-corrected chi connectivity index (χ2v) is 11.1. The van der Waals surface area contributed by atoms with E-state index in [1.165, 1.54) is 55.4 Å². The van der Waals surface area contributed by atoms with E-state index in [0.717, 1.165) is 9.63 Å². The molecule has 1 aliphatic heterocycles. The van der Waals surface area contributed by atoms with E-state index in [0.29, 0.717) is 0 Å². The van der Waals surface area contributed by atoms with Gasteiger partial charge in [-0.05, 0) is 44.0 Å². The highest BCUT2D eigenvalue weighted by atomic mass is 79.9. The highest BCUT2D eigenvalue weighted by Crippen LogP contribution is 2.46. The zero-order valence-electron chi connectivity index (χ0n) is 22.0. The van der Waals surface area contributed by atoms with Gasteiger partial charge in [0.15, 0.2) is 5.54 Å². The van der Waals surface area contributed by atoms with Crippen LogP contribution in [-0.4, -0.2) is 61.4 Å². The molecule has 1 aromatic carbocycles. The van der Waals surface area contributed by atoms with Crippen LogP contribution in [0.3, 0.4) is 0 Å². The summed E-state index contributed by atoms with van der Waals surface area (Å²) in [6, 6.07) is 5.06. The summed E-state index contributed by atoms with van der Waals surface area (Å²) in [7, 11) is -5.06. The summed E-state index contributed by atoms with van der Waals surface area (Å²) in [5.74, 6) is -1.23. The number of nitrogens with one attached hydrogen (secondary N) is 1. The predicted octanol–water partition coefficient (Wildman–Crippen LogP) is 2.36. The minimum atomic E-state index is -5.06. The number of hydrogen-bond acceptors (Lipinski definition) is 12. The Morgan fingerprint density at radius 1 is 1.37 bits per heavy atom. The van der Waals surface area contributed by atoms with Gasteiger partial charge in [-0.1, -0.05) is 15.9 Å². The van der Waals surface area contributed by atoms with Gasteiger partial charge in [0.1, 0.15) is 12.3 Å². The second kappa shape index (κ2) is 13.2. The number of H-pyrrole nitrogens is 1. The maximum atomic E-state index is 13.0. The van der Waals surface area contributed by atoms with Crippen molar-refractivity contribution in [2.75, 3.05) is 18.3 Å². The quantitative estimate of drug-likeness (QED) is 0.169. The largest absolute Gasteiger partial charge is 0.529 e. The molecule has 1 saturated heterocycles. The summed E-state index contributed by atoms with van der Waals surface area (Å²) in [5, 5.41) is 22.4. The molecule has 0 amide bonds. The molecule has 0 aliphatic carbocycles. The molecular formula is C23H28BrN4O12P. The maximum absolute atomic E-state index is 13.0. The van der Waals surface area contributed by atoms with Gasteiger partial charge in [0.05, 0.1) is 35.5 Å². The molecule has 224 valence electrons. The molecule has 18 heteroatoms. The third-order valence-electron chi connectivity index (χ3n) is 5.91. The number of nitro groups is 1. The van der Waals surface area contributed by atoms with Crippen molar-refractivity contribution >= 4 is 47.2 Å². The van der Waals surface area contributed by atoms with Crippen LogP contribution in [0.1, 0.15) is 39.0 Å². The van der Waals surface area contributed by atoms with Crippen LogP contribution in [0.15, 0.2) is 45.0 Å². The predicted molar refractivity (Wildman–Crippen MR) is 147 cm³/mol. The first kappa shape index (κ1) is 32.3. The van der Waals surface area contributed by atoms with Crippen molar-refractivity contribution in [3.8, 4) is 0 Å². The molecule has 1 aromatic heterocycles. The monoisotopic (exact) mass is 662 g/mol. The summed E-state index contributed by atoms with van der Waals surface area (Å²) in [4.78, 5) is 66.8. The van der Waals surface area contributed by atoms with Crippen LogP contribution in [0.5, 0.6) is 0 Å². The van der Waals surface area contributed by atoms with Crippen LogP contribution in [-0.2, 0) is 28.0 Å². The Kier molecular flexibility index (Phi) is 10.4. The number of nitro benzene ring substituents is 1. The van der Waals surface area contributed by atoms with Gasteiger partial charge >= 0.3 is 19.5 Å². The summed E-state index contributed by atoms with van der Waals surface area (Å²) < 4.78 is 29.0. The number of nitrogens with zero attached hydrogens (tertiary/aromatic N) is 3. The van der Waals surface area contributed by atoms with Gasteiger partial charge in [-0.25, -0.2) is 19.2 Å². The summed E-state index contributed by atoms with van der Waals surface area (Å²) >= 11 is 3.04. The first-order valence-electron chi connectivity index (χ1n) is 12.0. The number of aromatic amines is 1. The molecule has 0 bridgehead atoms. The molecule has 0 spiro atoms. The van der Waals surface area contributed by atoms with Gasteiger partial charge in [0, 0.05) is 24.8 Å². The lowest BCUT2D eigenvalue weighted by molar-refractivity contribution is -0.384. The number of carbonyl (C=O) groups is 1.